The normalized spacial score (nSPS) is 25.4. The zero-order chi connectivity index (χ0) is 13.9. The average Bonchev–Trinajstić information content (AvgIpc) is 2.79. The highest BCUT2D eigenvalue weighted by Gasteiger charge is 2.32. The molecule has 0 saturated carbocycles. The maximum absolute atomic E-state index is 12.7. The monoisotopic (exact) mass is 274 g/mol. The molecule has 1 aromatic rings. The highest BCUT2D eigenvalue weighted by atomic mass is 16.5. The van der Waals surface area contributed by atoms with E-state index in [1.165, 1.54) is 12.8 Å². The lowest BCUT2D eigenvalue weighted by molar-refractivity contribution is 0.0744. The third kappa shape index (κ3) is 2.66. The predicted octanol–water partition coefficient (Wildman–Crippen LogP) is 2.05. The second-order valence-electron chi connectivity index (χ2n) is 5.61. The summed E-state index contributed by atoms with van der Waals surface area (Å²) in [5.41, 5.74) is 0.687. The summed E-state index contributed by atoms with van der Waals surface area (Å²) in [6, 6.07) is 8.61. The van der Waals surface area contributed by atoms with E-state index in [4.69, 9.17) is 4.74 Å². The fraction of sp³-hybridized carbons (Fsp3) is 0.562. The van der Waals surface area contributed by atoms with Crippen molar-refractivity contribution in [2.45, 2.75) is 38.3 Å². The number of nitrogens with one attached hydrogen (secondary N) is 1. The zero-order valence-electron chi connectivity index (χ0n) is 12.0. The molecular weight excluding hydrogens is 252 g/mol. The maximum atomic E-state index is 12.7. The zero-order valence-corrected chi connectivity index (χ0v) is 12.0. The van der Waals surface area contributed by atoms with Crippen molar-refractivity contribution in [1.29, 1.82) is 0 Å². The van der Waals surface area contributed by atoms with Gasteiger partial charge in [-0.2, -0.15) is 0 Å². The van der Waals surface area contributed by atoms with Gasteiger partial charge in [-0.1, -0.05) is 12.1 Å². The van der Waals surface area contributed by atoms with E-state index in [1.807, 2.05) is 36.1 Å². The molecule has 2 aliphatic rings. The van der Waals surface area contributed by atoms with Gasteiger partial charge in [0.25, 0.3) is 5.91 Å². The predicted molar refractivity (Wildman–Crippen MR) is 78.1 cm³/mol. The highest BCUT2D eigenvalue weighted by Crippen LogP contribution is 2.24. The molecule has 2 aliphatic heterocycles. The van der Waals surface area contributed by atoms with E-state index in [9.17, 15) is 4.79 Å². The Morgan fingerprint density at radius 2 is 2.10 bits per heavy atom. The van der Waals surface area contributed by atoms with Crippen LogP contribution in [-0.2, 0) is 0 Å². The number of carbonyl (C=O) groups excluding carboxylic acids is 1. The first-order valence-electron chi connectivity index (χ1n) is 7.55. The first-order valence-corrected chi connectivity index (χ1v) is 7.55. The van der Waals surface area contributed by atoms with Gasteiger partial charge in [-0.05, 0) is 38.3 Å². The Hall–Kier alpha value is -1.55. The van der Waals surface area contributed by atoms with Gasteiger partial charge in [0.15, 0.2) is 0 Å². The van der Waals surface area contributed by atoms with Crippen LogP contribution in [0.2, 0.25) is 0 Å². The summed E-state index contributed by atoms with van der Waals surface area (Å²) in [5.74, 6) is 0.797. The van der Waals surface area contributed by atoms with Crippen molar-refractivity contribution in [2.24, 2.45) is 0 Å². The highest BCUT2D eigenvalue weighted by molar-refractivity contribution is 5.97. The van der Waals surface area contributed by atoms with Crippen molar-refractivity contribution in [3.63, 3.8) is 0 Å². The van der Waals surface area contributed by atoms with Crippen molar-refractivity contribution >= 4 is 5.91 Å². The lowest BCUT2D eigenvalue weighted by Crippen LogP contribution is -2.39. The van der Waals surface area contributed by atoms with Crippen molar-refractivity contribution in [3.05, 3.63) is 29.8 Å². The number of hydrogen-bond donors (Lipinski definition) is 1. The number of fused-ring (bicyclic) bond motifs is 2. The molecule has 2 atom stereocenters. The molecule has 1 N–H and O–H groups in total. The van der Waals surface area contributed by atoms with Gasteiger partial charge >= 0.3 is 0 Å². The van der Waals surface area contributed by atoms with E-state index in [0.717, 1.165) is 19.5 Å². The molecular formula is C16H22N2O2. The summed E-state index contributed by atoms with van der Waals surface area (Å²) in [6.07, 6.45) is 3.49. The molecule has 4 heteroatoms. The summed E-state index contributed by atoms with van der Waals surface area (Å²) >= 11 is 0. The number of ether oxygens (including phenoxy) is 1. The molecule has 1 aromatic carbocycles. The average molecular weight is 274 g/mol. The molecule has 0 aliphatic carbocycles. The fourth-order valence-corrected chi connectivity index (χ4v) is 3.22. The molecule has 2 fully saturated rings. The third-order valence-electron chi connectivity index (χ3n) is 4.23. The number of carbonyl (C=O) groups is 1. The Kier molecular flexibility index (Phi) is 3.92. The van der Waals surface area contributed by atoms with Gasteiger partial charge in [0.2, 0.25) is 0 Å². The molecule has 2 bridgehead atoms. The van der Waals surface area contributed by atoms with Gasteiger partial charge in [-0.3, -0.25) is 4.79 Å². The summed E-state index contributed by atoms with van der Waals surface area (Å²) in [7, 11) is 0. The molecule has 20 heavy (non-hydrogen) atoms. The Morgan fingerprint density at radius 3 is 2.95 bits per heavy atom. The van der Waals surface area contributed by atoms with Crippen LogP contribution in [0, 0.1) is 0 Å². The van der Waals surface area contributed by atoms with Gasteiger partial charge < -0.3 is 15.0 Å². The Bertz CT molecular complexity index is 489. The lowest BCUT2D eigenvalue weighted by Gasteiger charge is -2.25. The van der Waals surface area contributed by atoms with E-state index in [1.54, 1.807) is 0 Å². The number of likely N-dealkylation sites (tertiary alicyclic amines) is 1. The molecule has 0 aromatic heterocycles. The minimum atomic E-state index is 0.100. The van der Waals surface area contributed by atoms with E-state index < -0.39 is 0 Å². The Balaban J connectivity index is 1.78. The van der Waals surface area contributed by atoms with E-state index in [0.29, 0.717) is 30.0 Å². The van der Waals surface area contributed by atoms with Crippen LogP contribution in [0.1, 0.15) is 36.5 Å². The van der Waals surface area contributed by atoms with Crippen LogP contribution in [0.5, 0.6) is 5.75 Å². The SMILES string of the molecule is CCOc1ccccc1C(=O)N1CCC2CCC(C1)N2. The number of hydrogen-bond acceptors (Lipinski definition) is 3. The quantitative estimate of drug-likeness (QED) is 0.917. The number of amides is 1. The Labute approximate surface area is 120 Å². The second kappa shape index (κ2) is 5.83. The number of rotatable bonds is 3. The molecule has 2 unspecified atom stereocenters. The molecule has 3 rings (SSSR count). The van der Waals surface area contributed by atoms with Gasteiger partial charge in [0, 0.05) is 25.2 Å². The van der Waals surface area contributed by atoms with Crippen LogP contribution in [0.3, 0.4) is 0 Å². The Morgan fingerprint density at radius 1 is 1.30 bits per heavy atom. The first-order chi connectivity index (χ1) is 9.78. The minimum absolute atomic E-state index is 0.100. The van der Waals surface area contributed by atoms with Crippen molar-refractivity contribution in [1.82, 2.24) is 10.2 Å². The number of para-hydroxylation sites is 1. The molecule has 0 spiro atoms. The molecule has 2 heterocycles. The molecule has 108 valence electrons. The number of benzene rings is 1. The van der Waals surface area contributed by atoms with E-state index in [2.05, 4.69) is 5.32 Å². The van der Waals surface area contributed by atoms with Crippen LogP contribution < -0.4 is 10.1 Å². The van der Waals surface area contributed by atoms with Gasteiger partial charge in [0.1, 0.15) is 5.75 Å². The molecule has 4 nitrogen and oxygen atoms in total. The third-order valence-corrected chi connectivity index (χ3v) is 4.23. The molecule has 1 amide bonds. The summed E-state index contributed by atoms with van der Waals surface area (Å²) in [5, 5.41) is 3.60. The second-order valence-corrected chi connectivity index (χ2v) is 5.61. The summed E-state index contributed by atoms with van der Waals surface area (Å²) < 4.78 is 5.58. The number of nitrogens with zero attached hydrogens (tertiary/aromatic N) is 1. The van der Waals surface area contributed by atoms with Crippen molar-refractivity contribution in [2.75, 3.05) is 19.7 Å². The van der Waals surface area contributed by atoms with E-state index in [-0.39, 0.29) is 5.91 Å². The van der Waals surface area contributed by atoms with Crippen LogP contribution in [0.4, 0.5) is 0 Å². The van der Waals surface area contributed by atoms with Gasteiger partial charge in [0.05, 0.1) is 12.2 Å². The van der Waals surface area contributed by atoms with Crippen LogP contribution >= 0.6 is 0 Å². The van der Waals surface area contributed by atoms with Crippen molar-refractivity contribution < 1.29 is 9.53 Å². The standard InChI is InChI=1S/C16H22N2O2/c1-2-20-15-6-4-3-5-14(15)16(19)18-10-9-12-7-8-13(11-18)17-12/h3-6,12-13,17H,2,7-11H2,1H3. The van der Waals surface area contributed by atoms with Crippen molar-refractivity contribution in [3.8, 4) is 5.75 Å². The smallest absolute Gasteiger partial charge is 0.257 e. The summed E-state index contributed by atoms with van der Waals surface area (Å²) in [6.45, 7) is 4.18. The summed E-state index contributed by atoms with van der Waals surface area (Å²) in [4.78, 5) is 14.7. The lowest BCUT2D eigenvalue weighted by atomic mass is 10.1. The van der Waals surface area contributed by atoms with Crippen LogP contribution in [0.25, 0.3) is 0 Å². The van der Waals surface area contributed by atoms with E-state index >= 15 is 0 Å². The maximum Gasteiger partial charge on any atom is 0.257 e. The van der Waals surface area contributed by atoms with Crippen LogP contribution in [-0.4, -0.2) is 42.6 Å². The topological polar surface area (TPSA) is 41.6 Å². The minimum Gasteiger partial charge on any atom is -0.493 e. The van der Waals surface area contributed by atoms with Gasteiger partial charge in [-0.15, -0.1) is 0 Å². The molecule has 2 saturated heterocycles. The molecule has 0 radical (unpaired) electrons. The van der Waals surface area contributed by atoms with Crippen LogP contribution in [0.15, 0.2) is 24.3 Å². The largest absolute Gasteiger partial charge is 0.493 e. The first kappa shape index (κ1) is 13.4. The van der Waals surface area contributed by atoms with Gasteiger partial charge in [-0.25, -0.2) is 0 Å². The fourth-order valence-electron chi connectivity index (χ4n) is 3.22.